The molecule has 0 bridgehead atoms. The first-order valence-electron chi connectivity index (χ1n) is 29.3. The lowest BCUT2D eigenvalue weighted by Gasteiger charge is -2.18. The molecule has 0 N–H and O–H groups in total. The Bertz CT molecular complexity index is 1360. The standard InChI is InChI=1S/C57H98O12/c1-4-7-19-28-43-49(64-43)37-52-46(67-52)31-22-13-10-16-25-34-55(58)61-40-42(63-57(60)36-27-18-12-15-24-33-48-54(69-48)39-51-45(66-51)30-21-9-6-3)41-62-56(59)35-26-17-11-14-23-32-47-53(68-47)38-50-44(65-50)29-20-8-5-2/h42-54H,4-41H2,1-3H3/t42?,43-,44+,45-,46+,47-,48+,49+,50-,51-,52-,53+,54-/m1/s1. The Balaban J connectivity index is 0.766. The minimum atomic E-state index is -0.816. The second-order valence-corrected chi connectivity index (χ2v) is 21.9. The van der Waals surface area contributed by atoms with E-state index in [-0.39, 0.29) is 37.5 Å². The number of rotatable bonds is 47. The highest BCUT2D eigenvalue weighted by Gasteiger charge is 2.49. The summed E-state index contributed by atoms with van der Waals surface area (Å²) in [5.74, 6) is -0.966. The number of unbranched alkanes of at least 4 members (excludes halogenated alkanes) is 18. The van der Waals surface area contributed by atoms with Crippen LogP contribution in [0.2, 0.25) is 0 Å². The van der Waals surface area contributed by atoms with Crippen molar-refractivity contribution >= 4 is 17.9 Å². The van der Waals surface area contributed by atoms with E-state index in [1.165, 1.54) is 77.0 Å². The molecule has 0 saturated carbocycles. The molecule has 69 heavy (non-hydrogen) atoms. The molecule has 6 fully saturated rings. The summed E-state index contributed by atoms with van der Waals surface area (Å²) in [5, 5.41) is 0. The van der Waals surface area contributed by atoms with E-state index < -0.39 is 6.10 Å². The summed E-state index contributed by atoms with van der Waals surface area (Å²) in [6, 6.07) is 0. The van der Waals surface area contributed by atoms with Gasteiger partial charge in [0.15, 0.2) is 6.10 Å². The molecule has 12 heteroatoms. The number of ether oxygens (including phenoxy) is 9. The Kier molecular flexibility index (Phi) is 26.5. The van der Waals surface area contributed by atoms with E-state index in [2.05, 4.69) is 20.8 Å². The topological polar surface area (TPSA) is 154 Å². The molecule has 0 aliphatic carbocycles. The molecule has 13 atom stereocenters. The van der Waals surface area contributed by atoms with Crippen LogP contribution in [-0.2, 0) is 57.0 Å². The molecule has 6 aliphatic heterocycles. The van der Waals surface area contributed by atoms with Gasteiger partial charge in [-0.15, -0.1) is 0 Å². The van der Waals surface area contributed by atoms with Gasteiger partial charge in [-0.25, -0.2) is 0 Å². The number of hydrogen-bond acceptors (Lipinski definition) is 12. The van der Waals surface area contributed by atoms with Gasteiger partial charge in [-0.1, -0.05) is 156 Å². The van der Waals surface area contributed by atoms with Crippen LogP contribution in [0.3, 0.4) is 0 Å². The second-order valence-electron chi connectivity index (χ2n) is 21.9. The van der Waals surface area contributed by atoms with Crippen molar-refractivity contribution in [2.24, 2.45) is 0 Å². The molecule has 1 unspecified atom stereocenters. The van der Waals surface area contributed by atoms with E-state index in [0.717, 1.165) is 135 Å². The summed E-state index contributed by atoms with van der Waals surface area (Å²) in [5.41, 5.74) is 0. The normalized spacial score (nSPS) is 29.6. The molecule has 0 aromatic heterocycles. The molecular weight excluding hydrogens is 877 g/mol. The molecule has 6 rings (SSSR count). The van der Waals surface area contributed by atoms with Gasteiger partial charge in [0.25, 0.3) is 0 Å². The van der Waals surface area contributed by atoms with Crippen LogP contribution in [0.1, 0.15) is 252 Å². The first kappa shape index (κ1) is 56.5. The minimum absolute atomic E-state index is 0.110. The number of epoxide rings is 6. The number of esters is 3. The first-order valence-corrected chi connectivity index (χ1v) is 29.3. The highest BCUT2D eigenvalue weighted by molar-refractivity contribution is 5.71. The lowest BCUT2D eigenvalue weighted by molar-refractivity contribution is -0.167. The zero-order valence-electron chi connectivity index (χ0n) is 43.8. The number of hydrogen-bond donors (Lipinski definition) is 0. The number of carbonyl (C=O) groups is 3. The second kappa shape index (κ2) is 32.4. The Labute approximate surface area is 418 Å². The Morgan fingerprint density at radius 1 is 0.319 bits per heavy atom. The maximum Gasteiger partial charge on any atom is 0.306 e. The van der Waals surface area contributed by atoms with Crippen molar-refractivity contribution < 1.29 is 57.0 Å². The van der Waals surface area contributed by atoms with Crippen molar-refractivity contribution in [3.63, 3.8) is 0 Å². The fourth-order valence-electron chi connectivity index (χ4n) is 10.6. The third-order valence-electron chi connectivity index (χ3n) is 15.6. The van der Waals surface area contributed by atoms with E-state index in [0.29, 0.717) is 86.1 Å². The van der Waals surface area contributed by atoms with Crippen molar-refractivity contribution in [3.05, 3.63) is 0 Å². The molecule has 0 aromatic carbocycles. The molecule has 0 spiro atoms. The van der Waals surface area contributed by atoms with Gasteiger partial charge in [0, 0.05) is 38.5 Å². The summed E-state index contributed by atoms with van der Waals surface area (Å²) >= 11 is 0. The molecule has 6 aliphatic rings. The van der Waals surface area contributed by atoms with Gasteiger partial charge in [-0.05, 0) is 57.8 Å². The van der Waals surface area contributed by atoms with E-state index in [4.69, 9.17) is 42.6 Å². The summed E-state index contributed by atoms with van der Waals surface area (Å²) in [4.78, 5) is 38.4. The average Bonchev–Trinajstić information content (AvgIpc) is 4.08. The molecular formula is C57H98O12. The van der Waals surface area contributed by atoms with Crippen molar-refractivity contribution in [2.75, 3.05) is 13.2 Å². The molecule has 12 nitrogen and oxygen atoms in total. The van der Waals surface area contributed by atoms with Crippen LogP contribution in [0.15, 0.2) is 0 Å². The van der Waals surface area contributed by atoms with Crippen molar-refractivity contribution in [2.45, 2.75) is 331 Å². The highest BCUT2D eigenvalue weighted by atomic mass is 16.6. The maximum atomic E-state index is 12.9. The SMILES string of the molecule is CCCCC[C@@H]1O[C@@H]1C[C@@H]1O[C@@H]1CCCCCCCC(=O)OCC(COC(=O)CCCCCCC[C@@H]1O[C@@H]1C[C@@H]1O[C@@H]1CCCCC)OC(=O)CCCCCCC[C@@H]1O[C@@H]1C[C@H]1O[C@@H]1CCCCC. The van der Waals surface area contributed by atoms with Crippen LogP contribution in [-0.4, -0.2) is 110 Å². The summed E-state index contributed by atoms with van der Waals surface area (Å²) < 4.78 is 52.2. The van der Waals surface area contributed by atoms with Gasteiger partial charge in [-0.2, -0.15) is 0 Å². The lowest BCUT2D eigenvalue weighted by Crippen LogP contribution is -2.30. The van der Waals surface area contributed by atoms with Crippen LogP contribution in [0.4, 0.5) is 0 Å². The van der Waals surface area contributed by atoms with Gasteiger partial charge in [0.05, 0.1) is 73.2 Å². The summed E-state index contributed by atoms with van der Waals surface area (Å²) in [7, 11) is 0. The van der Waals surface area contributed by atoms with Gasteiger partial charge in [0.1, 0.15) is 13.2 Å². The predicted molar refractivity (Wildman–Crippen MR) is 267 cm³/mol. The Morgan fingerprint density at radius 2 is 0.565 bits per heavy atom. The quantitative estimate of drug-likeness (QED) is 0.0247. The molecule has 0 aromatic rings. The summed E-state index contributed by atoms with van der Waals surface area (Å²) in [6.07, 6.45) is 41.7. The molecule has 0 radical (unpaired) electrons. The van der Waals surface area contributed by atoms with Crippen molar-refractivity contribution in [3.8, 4) is 0 Å². The largest absolute Gasteiger partial charge is 0.462 e. The van der Waals surface area contributed by atoms with E-state index in [1.807, 2.05) is 0 Å². The van der Waals surface area contributed by atoms with Gasteiger partial charge in [-0.3, -0.25) is 14.4 Å². The van der Waals surface area contributed by atoms with Crippen LogP contribution in [0.25, 0.3) is 0 Å². The Hall–Kier alpha value is -1.83. The van der Waals surface area contributed by atoms with E-state index in [9.17, 15) is 14.4 Å². The minimum Gasteiger partial charge on any atom is -0.462 e. The fraction of sp³-hybridized carbons (Fsp3) is 0.947. The van der Waals surface area contributed by atoms with Gasteiger partial charge >= 0.3 is 17.9 Å². The Morgan fingerprint density at radius 3 is 0.855 bits per heavy atom. The monoisotopic (exact) mass is 975 g/mol. The smallest absolute Gasteiger partial charge is 0.306 e. The van der Waals surface area contributed by atoms with Crippen molar-refractivity contribution in [1.29, 1.82) is 0 Å². The first-order chi connectivity index (χ1) is 33.8. The zero-order valence-corrected chi connectivity index (χ0v) is 43.8. The fourth-order valence-corrected chi connectivity index (χ4v) is 10.6. The van der Waals surface area contributed by atoms with Crippen LogP contribution in [0, 0.1) is 0 Å². The molecule has 0 amide bonds. The highest BCUT2D eigenvalue weighted by Crippen LogP contribution is 2.41. The predicted octanol–water partition coefficient (Wildman–Crippen LogP) is 12.7. The zero-order chi connectivity index (χ0) is 48.5. The molecule has 6 heterocycles. The summed E-state index contributed by atoms with van der Waals surface area (Å²) in [6.45, 7) is 6.49. The molecule has 398 valence electrons. The van der Waals surface area contributed by atoms with Crippen LogP contribution >= 0.6 is 0 Å². The van der Waals surface area contributed by atoms with Gasteiger partial charge < -0.3 is 42.6 Å². The molecule has 6 saturated heterocycles. The van der Waals surface area contributed by atoms with Crippen LogP contribution < -0.4 is 0 Å². The average molecular weight is 975 g/mol. The van der Waals surface area contributed by atoms with E-state index in [1.54, 1.807) is 0 Å². The lowest BCUT2D eigenvalue weighted by atomic mass is 10.0. The van der Waals surface area contributed by atoms with Crippen LogP contribution in [0.5, 0.6) is 0 Å². The maximum absolute atomic E-state index is 12.9. The van der Waals surface area contributed by atoms with Crippen molar-refractivity contribution in [1.82, 2.24) is 0 Å². The number of carbonyl (C=O) groups excluding carboxylic acids is 3. The van der Waals surface area contributed by atoms with E-state index >= 15 is 0 Å². The van der Waals surface area contributed by atoms with Gasteiger partial charge in [0.2, 0.25) is 0 Å². The third kappa shape index (κ3) is 24.6. The third-order valence-corrected chi connectivity index (χ3v) is 15.6.